The molecule has 0 spiro atoms. The molecule has 0 radical (unpaired) electrons. The van der Waals surface area contributed by atoms with Gasteiger partial charge in [0, 0.05) is 0 Å². The van der Waals surface area contributed by atoms with Crippen molar-refractivity contribution < 1.29 is 9.13 Å². The Bertz CT molecular complexity index is 803. The molecule has 0 saturated heterocycles. The minimum Gasteiger partial charge on any atom is -0.232 e. The molecule has 25 heavy (non-hydrogen) atoms. The maximum absolute atomic E-state index is 3.80. The summed E-state index contributed by atoms with van der Waals surface area (Å²) in [5.41, 5.74) is 4.07. The second-order valence-corrected chi connectivity index (χ2v) is 6.34. The van der Waals surface area contributed by atoms with Crippen LogP contribution < -0.4 is 9.13 Å². The normalized spacial score (nSPS) is 10.8. The SMILES string of the molecule is C=Cn1cc[n+](Cc2cc(CCC)cc(C[n+]3ccn(C=C)c3)c2)c1. The Kier molecular flexibility index (Phi) is 5.29. The maximum Gasteiger partial charge on any atom is 0.248 e. The molecule has 0 atom stereocenters. The van der Waals surface area contributed by atoms with Gasteiger partial charge in [-0.1, -0.05) is 38.6 Å². The van der Waals surface area contributed by atoms with E-state index in [0.29, 0.717) is 0 Å². The number of aromatic nitrogens is 4. The molecule has 0 N–H and O–H groups in total. The molecule has 1 aromatic carbocycles. The Morgan fingerprint density at radius 3 is 1.72 bits per heavy atom. The van der Waals surface area contributed by atoms with Crippen molar-refractivity contribution in [2.24, 2.45) is 0 Å². The Balaban J connectivity index is 1.85. The van der Waals surface area contributed by atoms with Gasteiger partial charge in [0.05, 0.1) is 12.4 Å². The number of hydrogen-bond acceptors (Lipinski definition) is 0. The fourth-order valence-corrected chi connectivity index (χ4v) is 3.10. The van der Waals surface area contributed by atoms with E-state index < -0.39 is 0 Å². The lowest BCUT2D eigenvalue weighted by Gasteiger charge is -2.07. The summed E-state index contributed by atoms with van der Waals surface area (Å²) < 4.78 is 8.28. The lowest BCUT2D eigenvalue weighted by molar-refractivity contribution is -0.688. The monoisotopic (exact) mass is 334 g/mol. The largest absolute Gasteiger partial charge is 0.248 e. The van der Waals surface area contributed by atoms with Crippen LogP contribution in [-0.2, 0) is 19.5 Å². The summed E-state index contributed by atoms with van der Waals surface area (Å²) >= 11 is 0. The number of rotatable bonds is 8. The van der Waals surface area contributed by atoms with Crippen molar-refractivity contribution in [2.45, 2.75) is 32.9 Å². The summed E-state index contributed by atoms with van der Waals surface area (Å²) in [4.78, 5) is 0. The van der Waals surface area contributed by atoms with Crippen molar-refractivity contribution in [2.75, 3.05) is 0 Å². The van der Waals surface area contributed by atoms with Gasteiger partial charge in [-0.3, -0.25) is 0 Å². The first-order valence-corrected chi connectivity index (χ1v) is 8.70. The van der Waals surface area contributed by atoms with Crippen LogP contribution in [0.25, 0.3) is 12.4 Å². The fraction of sp³-hybridized carbons (Fsp3) is 0.238. The van der Waals surface area contributed by atoms with E-state index in [1.54, 1.807) is 12.4 Å². The molecule has 0 aliphatic carbocycles. The van der Waals surface area contributed by atoms with Crippen molar-refractivity contribution in [3.8, 4) is 0 Å². The molecule has 0 aliphatic heterocycles. The van der Waals surface area contributed by atoms with E-state index in [4.69, 9.17) is 0 Å². The smallest absolute Gasteiger partial charge is 0.232 e. The van der Waals surface area contributed by atoms with Crippen LogP contribution in [0.4, 0.5) is 0 Å². The number of nitrogens with zero attached hydrogens (tertiary/aromatic N) is 4. The van der Waals surface area contributed by atoms with Crippen molar-refractivity contribution in [1.82, 2.24) is 9.13 Å². The second kappa shape index (κ2) is 7.79. The van der Waals surface area contributed by atoms with E-state index in [1.807, 2.05) is 21.5 Å². The average molecular weight is 334 g/mol. The molecule has 2 heterocycles. The van der Waals surface area contributed by atoms with Crippen molar-refractivity contribution in [1.29, 1.82) is 0 Å². The average Bonchev–Trinajstić information content (AvgIpc) is 3.24. The molecule has 4 nitrogen and oxygen atoms in total. The molecule has 0 fully saturated rings. The Morgan fingerprint density at radius 1 is 0.840 bits per heavy atom. The van der Waals surface area contributed by atoms with E-state index in [1.165, 1.54) is 16.7 Å². The van der Waals surface area contributed by atoms with E-state index in [9.17, 15) is 0 Å². The fourth-order valence-electron chi connectivity index (χ4n) is 3.10. The lowest BCUT2D eigenvalue weighted by Crippen LogP contribution is -2.33. The lowest BCUT2D eigenvalue weighted by atomic mass is 10.0. The van der Waals surface area contributed by atoms with E-state index in [0.717, 1.165) is 25.9 Å². The highest BCUT2D eigenvalue weighted by atomic mass is 15.1. The first kappa shape index (κ1) is 17.0. The minimum atomic E-state index is 0.865. The highest BCUT2D eigenvalue weighted by Crippen LogP contribution is 2.13. The van der Waals surface area contributed by atoms with Gasteiger partial charge in [0.1, 0.15) is 37.9 Å². The zero-order chi connectivity index (χ0) is 17.6. The molecule has 0 bridgehead atoms. The third-order valence-corrected chi connectivity index (χ3v) is 4.23. The summed E-state index contributed by atoms with van der Waals surface area (Å²) in [5, 5.41) is 0. The predicted octanol–water partition coefficient (Wildman–Crippen LogP) is 3.11. The summed E-state index contributed by atoms with van der Waals surface area (Å²) in [6.45, 7) is 11.6. The van der Waals surface area contributed by atoms with Gasteiger partial charge in [-0.25, -0.2) is 18.3 Å². The molecule has 2 aromatic heterocycles. The van der Waals surface area contributed by atoms with E-state index in [-0.39, 0.29) is 0 Å². The highest BCUT2D eigenvalue weighted by molar-refractivity contribution is 5.29. The zero-order valence-electron chi connectivity index (χ0n) is 14.9. The molecule has 0 unspecified atom stereocenters. The van der Waals surface area contributed by atoms with Crippen LogP contribution in [0.15, 0.2) is 68.8 Å². The van der Waals surface area contributed by atoms with Gasteiger partial charge in [0.25, 0.3) is 0 Å². The van der Waals surface area contributed by atoms with Crippen LogP contribution >= 0.6 is 0 Å². The minimum absolute atomic E-state index is 0.865. The molecule has 0 amide bonds. The number of aryl methyl sites for hydroxylation is 1. The Labute approximate surface area is 149 Å². The quantitative estimate of drug-likeness (QED) is 0.563. The molecule has 3 aromatic rings. The highest BCUT2D eigenvalue weighted by Gasteiger charge is 2.09. The van der Waals surface area contributed by atoms with Gasteiger partial charge in [-0.2, -0.15) is 0 Å². The van der Waals surface area contributed by atoms with Gasteiger partial charge in [0.15, 0.2) is 0 Å². The van der Waals surface area contributed by atoms with Crippen LogP contribution in [0.2, 0.25) is 0 Å². The van der Waals surface area contributed by atoms with Gasteiger partial charge >= 0.3 is 0 Å². The molecular formula is C21H26N4+2. The Hall–Kier alpha value is -2.88. The molecule has 0 saturated carbocycles. The number of benzene rings is 1. The molecule has 3 rings (SSSR count). The third-order valence-electron chi connectivity index (χ3n) is 4.23. The summed E-state index contributed by atoms with van der Waals surface area (Å²) in [6.07, 6.45) is 18.2. The van der Waals surface area contributed by atoms with E-state index in [2.05, 4.69) is 72.5 Å². The van der Waals surface area contributed by atoms with Crippen LogP contribution in [0.3, 0.4) is 0 Å². The predicted molar refractivity (Wildman–Crippen MR) is 101 cm³/mol. The zero-order valence-corrected chi connectivity index (χ0v) is 14.9. The van der Waals surface area contributed by atoms with Gasteiger partial charge in [-0.05, 0) is 29.2 Å². The van der Waals surface area contributed by atoms with Crippen LogP contribution in [-0.4, -0.2) is 9.13 Å². The second-order valence-electron chi connectivity index (χ2n) is 6.34. The standard InChI is InChI=1S/C21H26N4/c1-4-7-19-12-20(15-24-10-8-22(5-2)17-24)14-21(13-19)16-25-11-9-23(6-3)18-25/h5-6,8-14,17-18H,2-4,7,15-16H2,1H3/q+2. The molecule has 4 heteroatoms. The Morgan fingerprint density at radius 2 is 1.32 bits per heavy atom. The summed E-state index contributed by atoms with van der Waals surface area (Å²) in [6, 6.07) is 6.95. The van der Waals surface area contributed by atoms with Gasteiger partial charge in [-0.15, -0.1) is 0 Å². The molecular weight excluding hydrogens is 308 g/mol. The van der Waals surface area contributed by atoms with Gasteiger partial charge in [0.2, 0.25) is 12.7 Å². The van der Waals surface area contributed by atoms with Crippen LogP contribution in [0.1, 0.15) is 30.0 Å². The third kappa shape index (κ3) is 4.35. The van der Waals surface area contributed by atoms with Crippen molar-refractivity contribution in [3.63, 3.8) is 0 Å². The maximum atomic E-state index is 3.80. The topological polar surface area (TPSA) is 17.6 Å². The molecule has 0 aliphatic rings. The van der Waals surface area contributed by atoms with Crippen LogP contribution in [0, 0.1) is 0 Å². The summed E-state index contributed by atoms with van der Waals surface area (Å²) in [7, 11) is 0. The number of imidazole rings is 2. The van der Waals surface area contributed by atoms with E-state index >= 15 is 0 Å². The van der Waals surface area contributed by atoms with Gasteiger partial charge < -0.3 is 0 Å². The summed E-state index contributed by atoms with van der Waals surface area (Å²) in [5.74, 6) is 0. The van der Waals surface area contributed by atoms with Crippen molar-refractivity contribution in [3.05, 3.63) is 85.5 Å². The first-order chi connectivity index (χ1) is 12.2. The van der Waals surface area contributed by atoms with Crippen LogP contribution in [0.5, 0.6) is 0 Å². The first-order valence-electron chi connectivity index (χ1n) is 8.70. The van der Waals surface area contributed by atoms with Crippen molar-refractivity contribution >= 4 is 12.4 Å². The molecule has 128 valence electrons. The number of hydrogen-bond donors (Lipinski definition) is 0.